The molecule has 2 aromatic rings. The molecule has 0 spiro atoms. The van der Waals surface area contributed by atoms with Gasteiger partial charge in [-0.2, -0.15) is 0 Å². The Bertz CT molecular complexity index is 853. The lowest BCUT2D eigenvalue weighted by molar-refractivity contribution is -0.126. The third kappa shape index (κ3) is 2.78. The van der Waals surface area contributed by atoms with Crippen LogP contribution in [0.5, 0.6) is 0 Å². The van der Waals surface area contributed by atoms with Crippen molar-refractivity contribution in [2.75, 3.05) is 6.54 Å². The van der Waals surface area contributed by atoms with Gasteiger partial charge in [-0.05, 0) is 37.6 Å². The summed E-state index contributed by atoms with van der Waals surface area (Å²) >= 11 is 1.68. The molecule has 0 saturated carbocycles. The van der Waals surface area contributed by atoms with Crippen LogP contribution in [0.25, 0.3) is 0 Å². The van der Waals surface area contributed by atoms with Gasteiger partial charge in [-0.3, -0.25) is 14.6 Å². The van der Waals surface area contributed by atoms with Crippen LogP contribution in [0, 0.1) is 0 Å². The fourth-order valence-electron chi connectivity index (χ4n) is 3.76. The third-order valence-electron chi connectivity index (χ3n) is 4.95. The first-order valence-corrected chi connectivity index (χ1v) is 9.64. The second-order valence-electron chi connectivity index (χ2n) is 7.14. The summed E-state index contributed by atoms with van der Waals surface area (Å²) in [5.41, 5.74) is 2.67. The molecule has 1 N–H and O–H groups in total. The SMILES string of the molecule is CC1(C)S[C@H]2c3ccccc3C(=O)N2[C@@H]1C(=O)NCCc1ccccn1. The number of thioether (sulfide) groups is 1. The van der Waals surface area contributed by atoms with Crippen LogP contribution in [-0.4, -0.2) is 39.0 Å². The number of aromatic nitrogens is 1. The number of hydrogen-bond acceptors (Lipinski definition) is 4. The van der Waals surface area contributed by atoms with Gasteiger partial charge in [0.25, 0.3) is 5.91 Å². The highest BCUT2D eigenvalue weighted by atomic mass is 32.2. The van der Waals surface area contributed by atoms with Crippen molar-refractivity contribution < 1.29 is 9.59 Å². The Hall–Kier alpha value is -2.34. The Morgan fingerprint density at radius 2 is 2.00 bits per heavy atom. The average molecular weight is 367 g/mol. The third-order valence-corrected chi connectivity index (χ3v) is 6.49. The summed E-state index contributed by atoms with van der Waals surface area (Å²) in [5.74, 6) is -0.143. The first kappa shape index (κ1) is 17.1. The van der Waals surface area contributed by atoms with E-state index in [2.05, 4.69) is 10.3 Å². The quantitative estimate of drug-likeness (QED) is 0.903. The number of hydrogen-bond donors (Lipinski definition) is 1. The lowest BCUT2D eigenvalue weighted by atomic mass is 10.0. The van der Waals surface area contributed by atoms with E-state index < -0.39 is 6.04 Å². The highest BCUT2D eigenvalue weighted by molar-refractivity contribution is 8.01. The predicted molar refractivity (Wildman–Crippen MR) is 102 cm³/mol. The van der Waals surface area contributed by atoms with Gasteiger partial charge in [0.05, 0.1) is 0 Å². The minimum absolute atomic E-state index is 0.0476. The Labute approximate surface area is 157 Å². The number of carbonyl (C=O) groups excluding carboxylic acids is 2. The molecule has 5 nitrogen and oxygen atoms in total. The zero-order chi connectivity index (χ0) is 18.3. The summed E-state index contributed by atoms with van der Waals surface area (Å²) < 4.78 is -0.344. The molecule has 2 atom stereocenters. The molecule has 4 rings (SSSR count). The molecule has 0 bridgehead atoms. The fourth-order valence-corrected chi connectivity index (χ4v) is 5.35. The van der Waals surface area contributed by atoms with E-state index in [1.807, 2.05) is 56.3 Å². The normalized spacial score (nSPS) is 22.8. The second-order valence-corrected chi connectivity index (χ2v) is 8.87. The number of amides is 2. The van der Waals surface area contributed by atoms with Gasteiger partial charge in [0.1, 0.15) is 11.4 Å². The number of rotatable bonds is 4. The van der Waals surface area contributed by atoms with Gasteiger partial charge in [0.15, 0.2) is 0 Å². The molecule has 2 amide bonds. The molecule has 26 heavy (non-hydrogen) atoms. The van der Waals surface area contributed by atoms with Gasteiger partial charge in [-0.1, -0.05) is 24.3 Å². The first-order chi connectivity index (χ1) is 12.5. The van der Waals surface area contributed by atoms with E-state index in [0.29, 0.717) is 18.5 Å². The van der Waals surface area contributed by atoms with Crippen molar-refractivity contribution in [1.29, 1.82) is 0 Å². The van der Waals surface area contributed by atoms with Gasteiger partial charge in [-0.15, -0.1) is 11.8 Å². The molecule has 1 aromatic heterocycles. The maximum Gasteiger partial charge on any atom is 0.256 e. The molecule has 0 aliphatic carbocycles. The van der Waals surface area contributed by atoms with Crippen LogP contribution in [0.3, 0.4) is 0 Å². The van der Waals surface area contributed by atoms with Gasteiger partial charge >= 0.3 is 0 Å². The molecule has 1 fully saturated rings. The van der Waals surface area contributed by atoms with E-state index in [9.17, 15) is 9.59 Å². The number of nitrogens with zero attached hydrogens (tertiary/aromatic N) is 2. The number of nitrogens with one attached hydrogen (secondary N) is 1. The van der Waals surface area contributed by atoms with Crippen LogP contribution in [0.1, 0.15) is 40.8 Å². The highest BCUT2D eigenvalue weighted by Crippen LogP contribution is 2.56. The van der Waals surface area contributed by atoms with Crippen molar-refractivity contribution in [3.63, 3.8) is 0 Å². The van der Waals surface area contributed by atoms with E-state index in [0.717, 1.165) is 11.3 Å². The summed E-state index contributed by atoms with van der Waals surface area (Å²) in [4.78, 5) is 31.9. The number of benzene rings is 1. The molecule has 2 aliphatic rings. The van der Waals surface area contributed by atoms with Crippen LogP contribution >= 0.6 is 11.8 Å². The van der Waals surface area contributed by atoms with Crippen molar-refractivity contribution in [3.05, 3.63) is 65.5 Å². The Morgan fingerprint density at radius 1 is 1.23 bits per heavy atom. The Balaban J connectivity index is 1.50. The molecule has 2 aliphatic heterocycles. The maximum atomic E-state index is 13.0. The van der Waals surface area contributed by atoms with Gasteiger partial charge < -0.3 is 10.2 Å². The zero-order valence-corrected chi connectivity index (χ0v) is 15.6. The highest BCUT2D eigenvalue weighted by Gasteiger charge is 2.57. The summed E-state index contributed by atoms with van der Waals surface area (Å²) in [6.45, 7) is 4.58. The predicted octanol–water partition coefficient (Wildman–Crippen LogP) is 2.79. The molecule has 0 unspecified atom stereocenters. The largest absolute Gasteiger partial charge is 0.354 e. The number of carbonyl (C=O) groups is 2. The smallest absolute Gasteiger partial charge is 0.256 e. The molecule has 3 heterocycles. The van der Waals surface area contributed by atoms with Crippen molar-refractivity contribution in [3.8, 4) is 0 Å². The van der Waals surface area contributed by atoms with Crippen LogP contribution in [-0.2, 0) is 11.2 Å². The summed E-state index contributed by atoms with van der Waals surface area (Å²) in [6.07, 6.45) is 2.42. The van der Waals surface area contributed by atoms with Crippen LogP contribution in [0.2, 0.25) is 0 Å². The molecule has 0 radical (unpaired) electrons. The Morgan fingerprint density at radius 3 is 2.77 bits per heavy atom. The van der Waals surface area contributed by atoms with Crippen molar-refractivity contribution >= 4 is 23.6 Å². The lowest BCUT2D eigenvalue weighted by Gasteiger charge is -2.29. The molecular weight excluding hydrogens is 346 g/mol. The number of fused-ring (bicyclic) bond motifs is 3. The molecule has 6 heteroatoms. The lowest BCUT2D eigenvalue weighted by Crippen LogP contribution is -2.52. The topological polar surface area (TPSA) is 62.3 Å². The van der Waals surface area contributed by atoms with Gasteiger partial charge in [-0.25, -0.2) is 0 Å². The van der Waals surface area contributed by atoms with E-state index >= 15 is 0 Å². The average Bonchev–Trinajstić information content (AvgIpc) is 3.06. The maximum absolute atomic E-state index is 13.0. The molecule has 134 valence electrons. The molecule has 1 aromatic carbocycles. The molecule has 1 saturated heterocycles. The van der Waals surface area contributed by atoms with E-state index in [-0.39, 0.29) is 21.9 Å². The van der Waals surface area contributed by atoms with Crippen molar-refractivity contribution in [2.45, 2.75) is 36.4 Å². The van der Waals surface area contributed by atoms with E-state index in [1.165, 1.54) is 0 Å². The van der Waals surface area contributed by atoms with Crippen LogP contribution in [0.4, 0.5) is 0 Å². The second kappa shape index (κ2) is 6.43. The first-order valence-electron chi connectivity index (χ1n) is 8.76. The minimum Gasteiger partial charge on any atom is -0.354 e. The van der Waals surface area contributed by atoms with Crippen LogP contribution < -0.4 is 5.32 Å². The monoisotopic (exact) mass is 367 g/mol. The number of pyridine rings is 1. The van der Waals surface area contributed by atoms with Gasteiger partial charge in [0, 0.05) is 35.2 Å². The van der Waals surface area contributed by atoms with Crippen LogP contribution in [0.15, 0.2) is 48.7 Å². The van der Waals surface area contributed by atoms with E-state index in [4.69, 9.17) is 0 Å². The van der Waals surface area contributed by atoms with E-state index in [1.54, 1.807) is 22.9 Å². The summed E-state index contributed by atoms with van der Waals surface area (Å²) in [5, 5.41) is 2.92. The summed E-state index contributed by atoms with van der Waals surface area (Å²) in [6, 6.07) is 12.9. The van der Waals surface area contributed by atoms with Crippen molar-refractivity contribution in [1.82, 2.24) is 15.2 Å². The zero-order valence-electron chi connectivity index (χ0n) is 14.8. The Kier molecular flexibility index (Phi) is 4.23. The minimum atomic E-state index is -0.485. The molecular formula is C20H21N3O2S. The fraction of sp³-hybridized carbons (Fsp3) is 0.350. The standard InChI is InChI=1S/C20H21N3O2S/c1-20(2)16(17(24)22-12-10-13-7-5-6-11-21-13)23-18(25)14-8-3-4-9-15(14)19(23)26-20/h3-9,11,16,19H,10,12H2,1-2H3,(H,22,24)/t16-,19+/m1/s1. The van der Waals surface area contributed by atoms with Gasteiger partial charge in [0.2, 0.25) is 5.91 Å². The summed E-state index contributed by atoms with van der Waals surface area (Å²) in [7, 11) is 0. The van der Waals surface area contributed by atoms with Crippen molar-refractivity contribution in [2.24, 2.45) is 0 Å².